The van der Waals surface area contributed by atoms with Crippen molar-refractivity contribution in [3.63, 3.8) is 0 Å². The fourth-order valence-electron chi connectivity index (χ4n) is 1.72. The van der Waals surface area contributed by atoms with Crippen molar-refractivity contribution in [2.75, 3.05) is 7.11 Å². The maximum atomic E-state index is 5.35. The number of furan rings is 1. The van der Waals surface area contributed by atoms with Crippen LogP contribution in [0.1, 0.15) is 5.69 Å². The number of rotatable bonds is 5. The minimum Gasteiger partial charge on any atom is -0.497 e. The zero-order valence-corrected chi connectivity index (χ0v) is 12.5. The van der Waals surface area contributed by atoms with E-state index in [0.717, 1.165) is 28.0 Å². The minimum atomic E-state index is 0.829. The number of thiazole rings is 1. The van der Waals surface area contributed by atoms with Gasteiger partial charge in [0.1, 0.15) is 5.75 Å². The van der Waals surface area contributed by atoms with Crippen LogP contribution in [0.5, 0.6) is 5.75 Å². The van der Waals surface area contributed by atoms with Gasteiger partial charge >= 0.3 is 0 Å². The summed E-state index contributed by atoms with van der Waals surface area (Å²) in [6.07, 6.45) is 1.67. The Morgan fingerprint density at radius 3 is 2.80 bits per heavy atom. The summed E-state index contributed by atoms with van der Waals surface area (Å²) < 4.78 is 10.5. The summed E-state index contributed by atoms with van der Waals surface area (Å²) in [6, 6.07) is 11.9. The summed E-state index contributed by atoms with van der Waals surface area (Å²) in [5.41, 5.74) is 1.07. The molecule has 0 aliphatic rings. The van der Waals surface area contributed by atoms with Crippen molar-refractivity contribution in [2.24, 2.45) is 0 Å². The third-order valence-corrected chi connectivity index (χ3v) is 4.68. The maximum absolute atomic E-state index is 5.35. The van der Waals surface area contributed by atoms with Crippen molar-refractivity contribution in [3.8, 4) is 16.5 Å². The molecule has 2 aromatic heterocycles. The van der Waals surface area contributed by atoms with Crippen LogP contribution >= 0.6 is 23.1 Å². The van der Waals surface area contributed by atoms with E-state index in [1.165, 1.54) is 4.90 Å². The Kier molecular flexibility index (Phi) is 4.08. The Morgan fingerprint density at radius 1 is 1.25 bits per heavy atom. The molecule has 0 radical (unpaired) electrons. The molecule has 0 amide bonds. The molecule has 0 spiro atoms. The van der Waals surface area contributed by atoms with Crippen LogP contribution in [-0.2, 0) is 5.75 Å². The van der Waals surface area contributed by atoms with Crippen molar-refractivity contribution >= 4 is 23.1 Å². The van der Waals surface area contributed by atoms with Crippen molar-refractivity contribution in [1.82, 2.24) is 4.98 Å². The van der Waals surface area contributed by atoms with Gasteiger partial charge in [0.2, 0.25) is 0 Å². The summed E-state index contributed by atoms with van der Waals surface area (Å²) in [4.78, 5) is 5.79. The molecule has 0 fully saturated rings. The van der Waals surface area contributed by atoms with E-state index in [2.05, 4.69) is 22.5 Å². The fraction of sp³-hybridized carbons (Fsp3) is 0.133. The smallest absolute Gasteiger partial charge is 0.162 e. The van der Waals surface area contributed by atoms with Gasteiger partial charge in [0.05, 0.1) is 19.1 Å². The summed E-state index contributed by atoms with van der Waals surface area (Å²) in [6.45, 7) is 0. The van der Waals surface area contributed by atoms with Gasteiger partial charge in [-0.25, -0.2) is 4.98 Å². The molecule has 5 heteroatoms. The molecule has 20 heavy (non-hydrogen) atoms. The fourth-order valence-corrected chi connectivity index (χ4v) is 3.40. The first-order chi connectivity index (χ1) is 9.85. The molecule has 3 rings (SSSR count). The average Bonchev–Trinajstić information content (AvgIpc) is 3.16. The molecule has 1 aromatic carbocycles. The third kappa shape index (κ3) is 3.05. The second-order valence-corrected chi connectivity index (χ2v) is 5.99. The SMILES string of the molecule is COc1ccc(SCc2csc(-c3ccco3)n2)cc1. The maximum Gasteiger partial charge on any atom is 0.162 e. The molecular formula is C15H13NO2S2. The molecule has 0 aliphatic heterocycles. The molecule has 2 heterocycles. The van der Waals surface area contributed by atoms with E-state index < -0.39 is 0 Å². The Hall–Kier alpha value is -1.72. The Morgan fingerprint density at radius 2 is 2.10 bits per heavy atom. The van der Waals surface area contributed by atoms with Crippen LogP contribution in [-0.4, -0.2) is 12.1 Å². The van der Waals surface area contributed by atoms with E-state index in [1.807, 2.05) is 24.3 Å². The number of hydrogen-bond acceptors (Lipinski definition) is 5. The standard InChI is InChI=1S/C15H13NO2S2/c1-17-12-4-6-13(7-5-12)19-9-11-10-20-15(16-11)14-3-2-8-18-14/h2-8,10H,9H2,1H3. The van der Waals surface area contributed by atoms with Gasteiger partial charge in [-0.05, 0) is 36.4 Å². The van der Waals surface area contributed by atoms with E-state index in [0.29, 0.717) is 0 Å². The highest BCUT2D eigenvalue weighted by Crippen LogP contribution is 2.28. The lowest BCUT2D eigenvalue weighted by Crippen LogP contribution is -1.83. The molecule has 0 saturated carbocycles. The largest absolute Gasteiger partial charge is 0.497 e. The lowest BCUT2D eigenvalue weighted by Gasteiger charge is -2.02. The Balaban J connectivity index is 1.63. The van der Waals surface area contributed by atoms with E-state index in [9.17, 15) is 0 Å². The molecule has 3 nitrogen and oxygen atoms in total. The van der Waals surface area contributed by atoms with Gasteiger partial charge in [-0.3, -0.25) is 0 Å². The van der Waals surface area contributed by atoms with Crippen LogP contribution in [0.25, 0.3) is 10.8 Å². The molecule has 0 bridgehead atoms. The number of hydrogen-bond donors (Lipinski definition) is 0. The zero-order valence-electron chi connectivity index (χ0n) is 10.9. The van der Waals surface area contributed by atoms with Crippen LogP contribution in [0.4, 0.5) is 0 Å². The highest BCUT2D eigenvalue weighted by Gasteiger charge is 2.07. The number of thioether (sulfide) groups is 1. The van der Waals surface area contributed by atoms with Gasteiger partial charge in [-0.1, -0.05) is 0 Å². The molecule has 0 N–H and O–H groups in total. The van der Waals surface area contributed by atoms with Gasteiger partial charge < -0.3 is 9.15 Å². The third-order valence-electron chi connectivity index (χ3n) is 2.73. The van der Waals surface area contributed by atoms with Gasteiger partial charge in [0, 0.05) is 16.0 Å². The number of aromatic nitrogens is 1. The molecule has 3 aromatic rings. The first kappa shape index (κ1) is 13.3. The van der Waals surface area contributed by atoms with E-state index >= 15 is 0 Å². The van der Waals surface area contributed by atoms with Gasteiger partial charge in [0.25, 0.3) is 0 Å². The Labute approximate surface area is 125 Å². The second kappa shape index (κ2) is 6.15. The van der Waals surface area contributed by atoms with Crippen molar-refractivity contribution < 1.29 is 9.15 Å². The highest BCUT2D eigenvalue weighted by molar-refractivity contribution is 7.98. The van der Waals surface area contributed by atoms with Crippen LogP contribution in [0.3, 0.4) is 0 Å². The number of benzene rings is 1. The molecule has 0 saturated heterocycles. The average molecular weight is 303 g/mol. The van der Waals surface area contributed by atoms with E-state index in [1.54, 1.807) is 36.5 Å². The van der Waals surface area contributed by atoms with E-state index in [-0.39, 0.29) is 0 Å². The van der Waals surface area contributed by atoms with Gasteiger partial charge in [-0.2, -0.15) is 0 Å². The topological polar surface area (TPSA) is 35.3 Å². The number of nitrogens with zero attached hydrogens (tertiary/aromatic N) is 1. The number of ether oxygens (including phenoxy) is 1. The molecule has 102 valence electrons. The van der Waals surface area contributed by atoms with Crippen LogP contribution in [0, 0.1) is 0 Å². The first-order valence-electron chi connectivity index (χ1n) is 6.10. The Bertz CT molecular complexity index is 660. The lowest BCUT2D eigenvalue weighted by molar-refractivity contribution is 0.414. The summed E-state index contributed by atoms with van der Waals surface area (Å²) >= 11 is 3.37. The molecule has 0 atom stereocenters. The highest BCUT2D eigenvalue weighted by atomic mass is 32.2. The minimum absolute atomic E-state index is 0.829. The predicted octanol–water partition coefficient (Wildman–Crippen LogP) is 4.70. The second-order valence-electron chi connectivity index (χ2n) is 4.09. The first-order valence-corrected chi connectivity index (χ1v) is 7.97. The van der Waals surface area contributed by atoms with Gasteiger partial charge in [0.15, 0.2) is 10.8 Å². The van der Waals surface area contributed by atoms with Gasteiger partial charge in [-0.15, -0.1) is 23.1 Å². The zero-order chi connectivity index (χ0) is 13.8. The van der Waals surface area contributed by atoms with Crippen molar-refractivity contribution in [3.05, 3.63) is 53.7 Å². The molecule has 0 aliphatic carbocycles. The normalized spacial score (nSPS) is 10.7. The summed E-state index contributed by atoms with van der Waals surface area (Å²) in [7, 11) is 1.67. The van der Waals surface area contributed by atoms with E-state index in [4.69, 9.17) is 9.15 Å². The number of methoxy groups -OCH3 is 1. The summed E-state index contributed by atoms with van der Waals surface area (Å²) in [5.74, 6) is 2.56. The summed E-state index contributed by atoms with van der Waals surface area (Å²) in [5, 5.41) is 3.01. The lowest BCUT2D eigenvalue weighted by atomic mass is 10.3. The van der Waals surface area contributed by atoms with Crippen molar-refractivity contribution in [1.29, 1.82) is 0 Å². The quantitative estimate of drug-likeness (QED) is 0.640. The monoisotopic (exact) mass is 303 g/mol. The molecule has 0 unspecified atom stereocenters. The predicted molar refractivity (Wildman–Crippen MR) is 82.4 cm³/mol. The van der Waals surface area contributed by atoms with Crippen LogP contribution in [0.15, 0.2) is 57.4 Å². The van der Waals surface area contributed by atoms with Crippen molar-refractivity contribution in [2.45, 2.75) is 10.6 Å². The molecular weight excluding hydrogens is 290 g/mol. The van der Waals surface area contributed by atoms with Crippen LogP contribution in [0.2, 0.25) is 0 Å². The van der Waals surface area contributed by atoms with Crippen LogP contribution < -0.4 is 4.74 Å².